The van der Waals surface area contributed by atoms with Crippen LogP contribution in [0, 0.1) is 18.8 Å². The van der Waals surface area contributed by atoms with Gasteiger partial charge in [-0.05, 0) is 45.1 Å². The number of hydrogen-bond donors (Lipinski definition) is 1. The van der Waals surface area contributed by atoms with Crippen molar-refractivity contribution in [2.45, 2.75) is 71.2 Å². The van der Waals surface area contributed by atoms with Crippen molar-refractivity contribution < 1.29 is 18.0 Å². The van der Waals surface area contributed by atoms with Crippen LogP contribution < -0.4 is 5.73 Å². The molecule has 0 radical (unpaired) electrons. The maximum absolute atomic E-state index is 13.4. The Morgan fingerprint density at radius 3 is 2.21 bits per heavy atom. The summed E-state index contributed by atoms with van der Waals surface area (Å²) in [6.45, 7) is 9.22. The van der Waals surface area contributed by atoms with Crippen LogP contribution >= 0.6 is 0 Å². The zero-order valence-corrected chi connectivity index (χ0v) is 18.9. The van der Waals surface area contributed by atoms with Crippen LogP contribution in [0.1, 0.15) is 64.1 Å². The molecule has 2 N–H and O–H groups in total. The highest BCUT2D eigenvalue weighted by Crippen LogP contribution is 2.39. The normalized spacial score (nSPS) is 21.6. The molecule has 6 nitrogen and oxygen atoms in total. The predicted molar refractivity (Wildman–Crippen MR) is 115 cm³/mol. The third-order valence-electron chi connectivity index (χ3n) is 5.89. The van der Waals surface area contributed by atoms with Gasteiger partial charge in [0.15, 0.2) is 9.84 Å². The Morgan fingerprint density at radius 1 is 1.14 bits per heavy atom. The van der Waals surface area contributed by atoms with Crippen molar-refractivity contribution in [1.82, 2.24) is 4.90 Å². The Bertz CT molecular complexity index is 831. The number of benzene rings is 1. The van der Waals surface area contributed by atoms with Gasteiger partial charge >= 0.3 is 0 Å². The minimum absolute atomic E-state index is 0.00228. The maximum Gasteiger partial charge on any atom is 0.227 e. The first-order valence-electron chi connectivity index (χ1n) is 10.3. The second-order valence-electron chi connectivity index (χ2n) is 8.81. The van der Waals surface area contributed by atoms with Gasteiger partial charge in [-0.25, -0.2) is 8.42 Å². The van der Waals surface area contributed by atoms with Crippen LogP contribution in [0.3, 0.4) is 0 Å². The van der Waals surface area contributed by atoms with Gasteiger partial charge in [-0.2, -0.15) is 0 Å². The van der Waals surface area contributed by atoms with Gasteiger partial charge in [0.1, 0.15) is 0 Å². The van der Waals surface area contributed by atoms with Crippen LogP contribution in [-0.4, -0.2) is 42.2 Å². The molecule has 29 heavy (non-hydrogen) atoms. The van der Waals surface area contributed by atoms with Gasteiger partial charge in [0.2, 0.25) is 11.8 Å². The number of sulfone groups is 1. The predicted octanol–water partition coefficient (Wildman–Crippen LogP) is 3.00. The fourth-order valence-corrected chi connectivity index (χ4v) is 5.36. The lowest BCUT2D eigenvalue weighted by atomic mass is 9.84. The van der Waals surface area contributed by atoms with E-state index in [0.717, 1.165) is 11.1 Å². The second-order valence-corrected chi connectivity index (χ2v) is 11.4. The number of aryl methyl sites for hydroxylation is 1. The molecule has 1 aromatic rings. The van der Waals surface area contributed by atoms with Gasteiger partial charge in [-0.1, -0.05) is 43.7 Å². The summed E-state index contributed by atoms with van der Waals surface area (Å²) in [5.41, 5.74) is 7.48. The number of rotatable bonds is 8. The highest BCUT2D eigenvalue weighted by molar-refractivity contribution is 7.92. The molecule has 1 aliphatic rings. The Balaban J connectivity index is 2.49. The monoisotopic (exact) mass is 422 g/mol. The number of piperidine rings is 1. The van der Waals surface area contributed by atoms with Crippen LogP contribution in [0.25, 0.3) is 0 Å². The minimum Gasteiger partial charge on any atom is -0.370 e. The number of nitrogens with zero attached hydrogens (tertiary/aromatic N) is 1. The molecule has 0 bridgehead atoms. The molecule has 1 saturated heterocycles. The fourth-order valence-electron chi connectivity index (χ4n) is 3.95. The number of carbonyl (C=O) groups excluding carboxylic acids is 2. The molecule has 1 fully saturated rings. The third-order valence-corrected chi connectivity index (χ3v) is 8.13. The number of carbonyl (C=O) groups is 2. The number of amides is 2. The zero-order chi connectivity index (χ0) is 21.9. The van der Waals surface area contributed by atoms with E-state index in [0.29, 0.717) is 12.8 Å². The highest BCUT2D eigenvalue weighted by Gasteiger charge is 2.42. The first kappa shape index (κ1) is 23.4. The van der Waals surface area contributed by atoms with Gasteiger partial charge in [-0.15, -0.1) is 0 Å². The number of likely N-dealkylation sites (tertiary alicyclic amines) is 1. The smallest absolute Gasteiger partial charge is 0.227 e. The van der Waals surface area contributed by atoms with Crippen LogP contribution in [0.15, 0.2) is 24.3 Å². The molecule has 162 valence electrons. The average molecular weight is 423 g/mol. The lowest BCUT2D eigenvalue weighted by Crippen LogP contribution is -2.54. The van der Waals surface area contributed by atoms with Gasteiger partial charge < -0.3 is 10.6 Å². The van der Waals surface area contributed by atoms with E-state index in [4.69, 9.17) is 5.73 Å². The molecule has 0 spiro atoms. The first-order valence-corrected chi connectivity index (χ1v) is 12.0. The SMILES string of the molecule is Cc1ccc([C@@H]2CCC(CC(N)=O)C(=O)N2[C@H](CS(=O)(=O)C(C)C)C(C)C)cc1. The highest BCUT2D eigenvalue weighted by atomic mass is 32.2. The van der Waals surface area contributed by atoms with Crippen LogP contribution in [0.5, 0.6) is 0 Å². The Labute approximate surface area is 174 Å². The Hall–Kier alpha value is -1.89. The van der Waals surface area contributed by atoms with Crippen molar-refractivity contribution in [1.29, 1.82) is 0 Å². The molecule has 0 aromatic heterocycles. The molecule has 0 saturated carbocycles. The summed E-state index contributed by atoms with van der Waals surface area (Å²) in [7, 11) is -3.35. The van der Waals surface area contributed by atoms with E-state index in [1.165, 1.54) is 0 Å². The Kier molecular flexibility index (Phi) is 7.49. The topological polar surface area (TPSA) is 97.5 Å². The molecule has 1 aliphatic heterocycles. The van der Waals surface area contributed by atoms with E-state index in [2.05, 4.69) is 0 Å². The van der Waals surface area contributed by atoms with Gasteiger partial charge in [0.05, 0.1) is 17.0 Å². The molecule has 1 heterocycles. The molecule has 2 amide bonds. The maximum atomic E-state index is 13.4. The first-order chi connectivity index (χ1) is 13.4. The summed E-state index contributed by atoms with van der Waals surface area (Å²) in [6, 6.07) is 7.34. The summed E-state index contributed by atoms with van der Waals surface area (Å²) < 4.78 is 25.5. The van der Waals surface area contributed by atoms with Crippen LogP contribution in [-0.2, 0) is 19.4 Å². The molecule has 7 heteroatoms. The van der Waals surface area contributed by atoms with Gasteiger partial charge in [0.25, 0.3) is 0 Å². The van der Waals surface area contributed by atoms with Crippen molar-refractivity contribution in [2.75, 3.05) is 5.75 Å². The quantitative estimate of drug-likeness (QED) is 0.696. The van der Waals surface area contributed by atoms with Crippen LogP contribution in [0.4, 0.5) is 0 Å². The van der Waals surface area contributed by atoms with Crippen molar-refractivity contribution in [2.24, 2.45) is 17.6 Å². The number of hydrogen-bond acceptors (Lipinski definition) is 4. The van der Waals surface area contributed by atoms with Gasteiger partial charge in [-0.3, -0.25) is 9.59 Å². The van der Waals surface area contributed by atoms with Crippen molar-refractivity contribution in [3.8, 4) is 0 Å². The summed E-state index contributed by atoms with van der Waals surface area (Å²) in [4.78, 5) is 26.7. The van der Waals surface area contributed by atoms with E-state index in [1.54, 1.807) is 18.7 Å². The lowest BCUT2D eigenvalue weighted by Gasteiger charge is -2.45. The summed E-state index contributed by atoms with van der Waals surface area (Å²) in [6.07, 6.45) is 1.24. The van der Waals surface area contributed by atoms with E-state index >= 15 is 0 Å². The zero-order valence-electron chi connectivity index (χ0n) is 18.1. The molecule has 3 atom stereocenters. The fraction of sp³-hybridized carbons (Fsp3) is 0.636. The summed E-state index contributed by atoms with van der Waals surface area (Å²) in [5.74, 6) is -1.30. The second kappa shape index (κ2) is 9.28. The molecular weight excluding hydrogens is 388 g/mol. The van der Waals surface area contributed by atoms with Crippen LogP contribution in [0.2, 0.25) is 0 Å². The Morgan fingerprint density at radius 2 is 1.72 bits per heavy atom. The number of primary amides is 1. The lowest BCUT2D eigenvalue weighted by molar-refractivity contribution is -0.148. The molecule has 1 unspecified atom stereocenters. The molecular formula is C22H34N2O4S. The van der Waals surface area contributed by atoms with E-state index < -0.39 is 33.0 Å². The van der Waals surface area contributed by atoms with Crippen molar-refractivity contribution in [3.63, 3.8) is 0 Å². The van der Waals surface area contributed by atoms with E-state index in [9.17, 15) is 18.0 Å². The van der Waals surface area contributed by atoms with E-state index in [-0.39, 0.29) is 30.0 Å². The van der Waals surface area contributed by atoms with Gasteiger partial charge in [0, 0.05) is 18.4 Å². The number of nitrogens with two attached hydrogens (primary N) is 1. The molecule has 0 aliphatic carbocycles. The summed E-state index contributed by atoms with van der Waals surface area (Å²) >= 11 is 0. The average Bonchev–Trinajstić information content (AvgIpc) is 2.62. The molecule has 2 rings (SSSR count). The largest absolute Gasteiger partial charge is 0.370 e. The minimum atomic E-state index is -3.35. The van der Waals surface area contributed by atoms with E-state index in [1.807, 2.05) is 45.0 Å². The van der Waals surface area contributed by atoms with Crippen molar-refractivity contribution >= 4 is 21.7 Å². The summed E-state index contributed by atoms with van der Waals surface area (Å²) in [5, 5.41) is -0.511. The molecule has 1 aromatic carbocycles. The third kappa shape index (κ3) is 5.59. The van der Waals surface area contributed by atoms with Crippen molar-refractivity contribution in [3.05, 3.63) is 35.4 Å². The standard InChI is InChI=1S/C22H34N2O4S/c1-14(2)20(13-29(27,28)15(3)4)24-19(17-8-6-16(5)7-9-17)11-10-18(22(24)26)12-21(23)25/h6-9,14-15,18-20H,10-13H2,1-5H3,(H2,23,25)/t18?,19-,20+/m0/s1.